The first-order valence-corrected chi connectivity index (χ1v) is 5.81. The molecule has 0 aliphatic heterocycles. The van der Waals surface area contributed by atoms with E-state index < -0.39 is 10.7 Å². The first kappa shape index (κ1) is 14.4. The number of ether oxygens (including phenoxy) is 1. The molecule has 0 atom stereocenters. The summed E-state index contributed by atoms with van der Waals surface area (Å²) in [6, 6.07) is 3.69. The normalized spacial score (nSPS) is 10.7. The average molecular weight is 256 g/mol. The number of nitrogens with zero attached hydrogens (tertiary/aromatic N) is 1. The maximum Gasteiger partial charge on any atom is 0.313 e. The zero-order valence-corrected chi connectivity index (χ0v) is 10.5. The van der Waals surface area contributed by atoms with Crippen molar-refractivity contribution >= 4 is 5.69 Å². The summed E-state index contributed by atoms with van der Waals surface area (Å²) in [6.07, 6.45) is 0.729. The molecule has 1 rings (SSSR count). The summed E-state index contributed by atoms with van der Waals surface area (Å²) in [6.45, 7) is 5.19. The summed E-state index contributed by atoms with van der Waals surface area (Å²) in [5, 5.41) is 13.9. The third kappa shape index (κ3) is 4.67. The number of rotatable bonds is 7. The van der Waals surface area contributed by atoms with Crippen LogP contribution in [0.3, 0.4) is 0 Å². The predicted octanol–water partition coefficient (Wildman–Crippen LogP) is 2.50. The molecule has 5 nitrogen and oxygen atoms in total. The third-order valence-corrected chi connectivity index (χ3v) is 2.25. The standard InChI is InChI=1S/C12H17FN2O3/c1-9(2)14-6-3-7-18-12-5-4-10(13)8-11(12)15(16)17/h4-5,8-9,14H,3,6-7H2,1-2H3. The Morgan fingerprint density at radius 2 is 2.22 bits per heavy atom. The van der Waals surface area contributed by atoms with Gasteiger partial charge in [-0.05, 0) is 25.1 Å². The van der Waals surface area contributed by atoms with Crippen molar-refractivity contribution in [3.63, 3.8) is 0 Å². The summed E-state index contributed by atoms with van der Waals surface area (Å²) < 4.78 is 18.2. The van der Waals surface area contributed by atoms with Crippen LogP contribution in [0, 0.1) is 15.9 Å². The Kier molecular flexibility index (Phi) is 5.51. The van der Waals surface area contributed by atoms with Crippen LogP contribution in [-0.2, 0) is 0 Å². The van der Waals surface area contributed by atoms with Crippen LogP contribution in [0.1, 0.15) is 20.3 Å². The van der Waals surface area contributed by atoms with E-state index in [4.69, 9.17) is 4.74 Å². The van der Waals surface area contributed by atoms with Crippen molar-refractivity contribution in [2.75, 3.05) is 13.2 Å². The molecular weight excluding hydrogens is 239 g/mol. The van der Waals surface area contributed by atoms with Gasteiger partial charge in [-0.2, -0.15) is 0 Å². The highest BCUT2D eigenvalue weighted by Gasteiger charge is 2.15. The molecule has 0 aliphatic rings. The minimum atomic E-state index is -0.648. The molecular formula is C12H17FN2O3. The van der Waals surface area contributed by atoms with Gasteiger partial charge in [-0.15, -0.1) is 0 Å². The van der Waals surface area contributed by atoms with Gasteiger partial charge < -0.3 is 10.1 Å². The van der Waals surface area contributed by atoms with Crippen LogP contribution >= 0.6 is 0 Å². The maximum atomic E-state index is 12.9. The molecule has 0 aliphatic carbocycles. The molecule has 100 valence electrons. The highest BCUT2D eigenvalue weighted by Crippen LogP contribution is 2.27. The van der Waals surface area contributed by atoms with E-state index in [0.717, 1.165) is 25.1 Å². The second kappa shape index (κ2) is 6.90. The summed E-state index contributed by atoms with van der Waals surface area (Å²) in [5.41, 5.74) is -0.341. The summed E-state index contributed by atoms with van der Waals surface area (Å²) in [5.74, 6) is -0.540. The van der Waals surface area contributed by atoms with E-state index in [1.807, 2.05) is 13.8 Å². The fourth-order valence-corrected chi connectivity index (χ4v) is 1.40. The summed E-state index contributed by atoms with van der Waals surface area (Å²) >= 11 is 0. The van der Waals surface area contributed by atoms with E-state index >= 15 is 0 Å². The largest absolute Gasteiger partial charge is 0.487 e. The van der Waals surface area contributed by atoms with Crippen LogP contribution in [0.4, 0.5) is 10.1 Å². The molecule has 0 spiro atoms. The molecule has 0 saturated heterocycles. The van der Waals surface area contributed by atoms with Crippen LogP contribution in [0.5, 0.6) is 5.75 Å². The average Bonchev–Trinajstić information content (AvgIpc) is 2.29. The molecule has 0 heterocycles. The number of hydrogen-bond donors (Lipinski definition) is 1. The van der Waals surface area contributed by atoms with Gasteiger partial charge in [0.05, 0.1) is 17.6 Å². The molecule has 1 N–H and O–H groups in total. The molecule has 18 heavy (non-hydrogen) atoms. The minimum Gasteiger partial charge on any atom is -0.487 e. The van der Waals surface area contributed by atoms with E-state index in [9.17, 15) is 14.5 Å². The maximum absolute atomic E-state index is 12.9. The van der Waals surface area contributed by atoms with Crippen molar-refractivity contribution in [1.29, 1.82) is 0 Å². The van der Waals surface area contributed by atoms with Crippen LogP contribution in [0.25, 0.3) is 0 Å². The minimum absolute atomic E-state index is 0.103. The van der Waals surface area contributed by atoms with Gasteiger partial charge in [0.1, 0.15) is 5.82 Å². The highest BCUT2D eigenvalue weighted by molar-refractivity contribution is 5.46. The lowest BCUT2D eigenvalue weighted by atomic mass is 10.3. The lowest BCUT2D eigenvalue weighted by Gasteiger charge is -2.09. The molecule has 0 fully saturated rings. The SMILES string of the molecule is CC(C)NCCCOc1ccc(F)cc1[N+](=O)[O-]. The number of benzene rings is 1. The van der Waals surface area contributed by atoms with Crippen molar-refractivity contribution in [1.82, 2.24) is 5.32 Å². The van der Waals surface area contributed by atoms with Crippen molar-refractivity contribution < 1.29 is 14.1 Å². The Hall–Kier alpha value is -1.69. The second-order valence-electron chi connectivity index (χ2n) is 4.18. The highest BCUT2D eigenvalue weighted by atomic mass is 19.1. The Morgan fingerprint density at radius 3 is 2.83 bits per heavy atom. The Labute approximate surface area is 105 Å². The van der Waals surface area contributed by atoms with Crippen LogP contribution in [0.15, 0.2) is 18.2 Å². The third-order valence-electron chi connectivity index (χ3n) is 2.25. The molecule has 0 saturated carbocycles. The van der Waals surface area contributed by atoms with Gasteiger partial charge >= 0.3 is 5.69 Å². The molecule has 6 heteroatoms. The molecule has 0 amide bonds. The van der Waals surface area contributed by atoms with Gasteiger partial charge in [0.15, 0.2) is 5.75 Å². The van der Waals surface area contributed by atoms with Crippen LogP contribution in [0.2, 0.25) is 0 Å². The number of halogens is 1. The van der Waals surface area contributed by atoms with Crippen molar-refractivity contribution in [3.8, 4) is 5.75 Å². The number of nitrogens with one attached hydrogen (secondary N) is 1. The second-order valence-corrected chi connectivity index (χ2v) is 4.18. The quantitative estimate of drug-likeness (QED) is 0.462. The first-order valence-electron chi connectivity index (χ1n) is 5.81. The molecule has 1 aromatic carbocycles. The van der Waals surface area contributed by atoms with Gasteiger partial charge in [-0.25, -0.2) is 4.39 Å². The van der Waals surface area contributed by atoms with E-state index in [1.165, 1.54) is 6.07 Å². The smallest absolute Gasteiger partial charge is 0.313 e. The van der Waals surface area contributed by atoms with Gasteiger partial charge in [-0.3, -0.25) is 10.1 Å². The Balaban J connectivity index is 2.49. The van der Waals surface area contributed by atoms with Crippen molar-refractivity contribution in [2.24, 2.45) is 0 Å². The van der Waals surface area contributed by atoms with E-state index in [1.54, 1.807) is 0 Å². The van der Waals surface area contributed by atoms with Crippen LogP contribution in [-0.4, -0.2) is 24.1 Å². The fraction of sp³-hybridized carbons (Fsp3) is 0.500. The monoisotopic (exact) mass is 256 g/mol. The Bertz CT molecular complexity index is 410. The number of nitro groups is 1. The van der Waals surface area contributed by atoms with E-state index in [0.29, 0.717) is 12.6 Å². The molecule has 0 aromatic heterocycles. The van der Waals surface area contributed by atoms with Crippen molar-refractivity contribution in [3.05, 3.63) is 34.1 Å². The summed E-state index contributed by atoms with van der Waals surface area (Å²) in [7, 11) is 0. The zero-order chi connectivity index (χ0) is 13.5. The molecule has 1 aromatic rings. The van der Waals surface area contributed by atoms with Gasteiger partial charge in [0, 0.05) is 6.04 Å². The van der Waals surface area contributed by atoms with E-state index in [2.05, 4.69) is 5.32 Å². The van der Waals surface area contributed by atoms with Crippen LogP contribution < -0.4 is 10.1 Å². The van der Waals surface area contributed by atoms with Gasteiger partial charge in [0.25, 0.3) is 0 Å². The van der Waals surface area contributed by atoms with Gasteiger partial charge in [-0.1, -0.05) is 13.8 Å². The number of nitro benzene ring substituents is 1. The lowest BCUT2D eigenvalue weighted by Crippen LogP contribution is -2.24. The van der Waals surface area contributed by atoms with Crippen molar-refractivity contribution in [2.45, 2.75) is 26.3 Å². The Morgan fingerprint density at radius 1 is 1.50 bits per heavy atom. The zero-order valence-electron chi connectivity index (χ0n) is 10.5. The molecule has 0 bridgehead atoms. The van der Waals surface area contributed by atoms with Gasteiger partial charge in [0.2, 0.25) is 0 Å². The topological polar surface area (TPSA) is 64.4 Å². The predicted molar refractivity (Wildman–Crippen MR) is 66.3 cm³/mol. The van der Waals surface area contributed by atoms with E-state index in [-0.39, 0.29) is 11.4 Å². The first-order chi connectivity index (χ1) is 8.50. The molecule has 0 radical (unpaired) electrons. The summed E-state index contributed by atoms with van der Waals surface area (Å²) in [4.78, 5) is 10.1. The number of hydrogen-bond acceptors (Lipinski definition) is 4. The molecule has 0 unspecified atom stereocenters. The lowest BCUT2D eigenvalue weighted by molar-refractivity contribution is -0.386. The fourth-order valence-electron chi connectivity index (χ4n) is 1.40.